The van der Waals surface area contributed by atoms with Crippen LogP contribution in [0.4, 0.5) is 0 Å². The number of halogens is 1. The minimum Gasteiger partial charge on any atom is -0.466 e. The first kappa shape index (κ1) is 19.4. The van der Waals surface area contributed by atoms with Crippen molar-refractivity contribution in [1.82, 2.24) is 0 Å². The van der Waals surface area contributed by atoms with Crippen molar-refractivity contribution in [3.8, 4) is 0 Å². The summed E-state index contributed by atoms with van der Waals surface area (Å²) in [6, 6.07) is 13.6. The van der Waals surface area contributed by atoms with Crippen LogP contribution in [-0.2, 0) is 14.1 Å². The normalized spacial score (nSPS) is 13.1. The highest BCUT2D eigenvalue weighted by atomic mass is 35.5. The summed E-state index contributed by atoms with van der Waals surface area (Å²) >= 11 is 6.20. The Hall–Kier alpha value is -1.90. The molecule has 1 unspecified atom stereocenters. The first-order valence-corrected chi connectivity index (χ1v) is 10.3. The van der Waals surface area contributed by atoms with Gasteiger partial charge < -0.3 is 9.30 Å². The molecule has 6 heteroatoms. The van der Waals surface area contributed by atoms with E-state index in [-0.39, 0.29) is 29.8 Å². The van der Waals surface area contributed by atoms with Crippen LogP contribution in [0.1, 0.15) is 29.3 Å². The predicted octanol–water partition coefficient (Wildman–Crippen LogP) is 4.43. The van der Waals surface area contributed by atoms with Gasteiger partial charge in [-0.1, -0.05) is 54.1 Å². The van der Waals surface area contributed by atoms with Crippen molar-refractivity contribution in [3.05, 3.63) is 64.7 Å². The molecule has 0 aliphatic heterocycles. The fraction of sp³-hybridized carbons (Fsp3) is 0.263. The van der Waals surface area contributed by atoms with Crippen LogP contribution in [0.3, 0.4) is 0 Å². The van der Waals surface area contributed by atoms with Gasteiger partial charge in [0.1, 0.15) is 0 Å². The van der Waals surface area contributed by atoms with Gasteiger partial charge in [0.15, 0.2) is 7.14 Å². The summed E-state index contributed by atoms with van der Waals surface area (Å²) < 4.78 is 18.6. The summed E-state index contributed by atoms with van der Waals surface area (Å²) in [5, 5.41) is 0.681. The van der Waals surface area contributed by atoms with Gasteiger partial charge >= 0.3 is 5.97 Å². The Morgan fingerprint density at radius 3 is 2.36 bits per heavy atom. The van der Waals surface area contributed by atoms with Gasteiger partial charge in [-0.2, -0.15) is 0 Å². The minimum absolute atomic E-state index is 0.0840. The molecule has 0 saturated carbocycles. The fourth-order valence-electron chi connectivity index (χ4n) is 2.58. The highest BCUT2D eigenvalue weighted by Crippen LogP contribution is 2.50. The first-order valence-electron chi connectivity index (χ1n) is 8.00. The lowest BCUT2D eigenvalue weighted by Gasteiger charge is -2.19. The van der Waals surface area contributed by atoms with Crippen molar-refractivity contribution in [3.63, 3.8) is 0 Å². The molecule has 0 amide bonds. The lowest BCUT2D eigenvalue weighted by molar-refractivity contribution is -0.142. The zero-order valence-corrected chi connectivity index (χ0v) is 15.8. The maximum absolute atomic E-state index is 13.7. The van der Waals surface area contributed by atoms with Crippen molar-refractivity contribution < 1.29 is 18.9 Å². The quantitative estimate of drug-likeness (QED) is 0.528. The van der Waals surface area contributed by atoms with Crippen LogP contribution in [0.2, 0.25) is 5.02 Å². The molecule has 2 aromatic rings. The Morgan fingerprint density at radius 2 is 1.76 bits per heavy atom. The lowest BCUT2D eigenvalue weighted by Crippen LogP contribution is -2.19. The van der Waals surface area contributed by atoms with E-state index in [1.54, 1.807) is 62.4 Å². The highest BCUT2D eigenvalue weighted by Gasteiger charge is 2.36. The number of rotatable bonds is 7. The van der Waals surface area contributed by atoms with E-state index in [0.717, 1.165) is 0 Å². The van der Waals surface area contributed by atoms with E-state index in [1.165, 1.54) is 0 Å². The van der Waals surface area contributed by atoms with Crippen LogP contribution in [0, 0.1) is 6.92 Å². The van der Waals surface area contributed by atoms with Crippen molar-refractivity contribution in [1.29, 1.82) is 0 Å². The molecular weight excluding hydrogens is 359 g/mol. The smallest absolute Gasteiger partial charge is 0.306 e. The number of aryl methyl sites for hydroxylation is 1. The van der Waals surface area contributed by atoms with Gasteiger partial charge in [0.05, 0.1) is 18.1 Å². The molecule has 132 valence electrons. The summed E-state index contributed by atoms with van der Waals surface area (Å²) in [6.07, 6.45) is -0.172. The Labute approximate surface area is 152 Å². The fourth-order valence-corrected chi connectivity index (χ4v) is 5.46. The number of carbonyl (C=O) groups excluding carboxylic acids is 2. The average molecular weight is 379 g/mol. The SMILES string of the molecule is CCOC(=O)CCP(=O)(C(=O)c1c(C)cccc1Cl)c1ccccc1. The first-order chi connectivity index (χ1) is 11.9. The van der Waals surface area contributed by atoms with Crippen molar-refractivity contribution in [2.45, 2.75) is 20.3 Å². The topological polar surface area (TPSA) is 60.4 Å². The monoisotopic (exact) mass is 378 g/mol. The number of hydrogen-bond donors (Lipinski definition) is 0. The predicted molar refractivity (Wildman–Crippen MR) is 100 cm³/mol. The van der Waals surface area contributed by atoms with E-state index in [1.807, 2.05) is 0 Å². The van der Waals surface area contributed by atoms with Gasteiger partial charge in [0, 0.05) is 17.0 Å². The highest BCUT2D eigenvalue weighted by molar-refractivity contribution is 7.87. The molecule has 25 heavy (non-hydrogen) atoms. The van der Waals surface area contributed by atoms with E-state index in [9.17, 15) is 14.2 Å². The third-order valence-electron chi connectivity index (χ3n) is 3.87. The maximum atomic E-state index is 13.7. The van der Waals surface area contributed by atoms with Crippen LogP contribution in [0.15, 0.2) is 48.5 Å². The molecule has 0 fully saturated rings. The molecule has 0 N–H and O–H groups in total. The molecule has 0 aliphatic carbocycles. The van der Waals surface area contributed by atoms with Gasteiger partial charge in [-0.3, -0.25) is 9.59 Å². The second-order valence-corrected chi connectivity index (χ2v) is 8.85. The number of ether oxygens (including phenoxy) is 1. The molecule has 0 aromatic heterocycles. The van der Waals surface area contributed by atoms with Gasteiger partial charge in [0.25, 0.3) is 0 Å². The minimum atomic E-state index is -3.54. The van der Waals surface area contributed by atoms with Gasteiger partial charge in [0.2, 0.25) is 5.52 Å². The van der Waals surface area contributed by atoms with E-state index in [0.29, 0.717) is 10.9 Å². The molecule has 1 atom stereocenters. The Bertz CT molecular complexity index is 797. The molecule has 0 saturated heterocycles. The Morgan fingerprint density at radius 1 is 1.08 bits per heavy atom. The number of hydrogen-bond acceptors (Lipinski definition) is 4. The third kappa shape index (κ3) is 4.39. The number of esters is 1. The second-order valence-electron chi connectivity index (χ2n) is 5.59. The van der Waals surface area contributed by atoms with E-state index in [2.05, 4.69) is 0 Å². The summed E-state index contributed by atoms with van der Waals surface area (Å²) in [6.45, 7) is 3.69. The average Bonchev–Trinajstić information content (AvgIpc) is 2.60. The van der Waals surface area contributed by atoms with Crippen molar-refractivity contribution in [2.24, 2.45) is 0 Å². The van der Waals surface area contributed by atoms with Gasteiger partial charge in [-0.15, -0.1) is 0 Å². The molecule has 0 aliphatic rings. The third-order valence-corrected chi connectivity index (χ3v) is 7.05. The number of carbonyl (C=O) groups is 2. The van der Waals surface area contributed by atoms with E-state index < -0.39 is 18.6 Å². The van der Waals surface area contributed by atoms with Gasteiger partial charge in [-0.05, 0) is 25.5 Å². The zero-order valence-electron chi connectivity index (χ0n) is 14.2. The summed E-state index contributed by atoms with van der Waals surface area (Å²) in [5.74, 6) is -0.470. The maximum Gasteiger partial charge on any atom is 0.306 e. The largest absolute Gasteiger partial charge is 0.466 e. The zero-order chi connectivity index (χ0) is 18.4. The van der Waals surface area contributed by atoms with Crippen LogP contribution in [0.25, 0.3) is 0 Å². The van der Waals surface area contributed by atoms with Crippen molar-refractivity contribution in [2.75, 3.05) is 12.8 Å². The molecule has 2 rings (SSSR count). The van der Waals surface area contributed by atoms with Crippen LogP contribution in [-0.4, -0.2) is 24.3 Å². The van der Waals surface area contributed by atoms with Gasteiger partial charge in [-0.25, -0.2) is 0 Å². The Kier molecular flexibility index (Phi) is 6.57. The summed E-state index contributed by atoms with van der Waals surface area (Å²) in [7, 11) is -3.54. The standard InChI is InChI=1S/C19H20ClO4P/c1-3-24-17(21)12-13-25(23,15-9-5-4-6-10-15)19(22)18-14(2)8-7-11-16(18)20/h4-11H,3,12-13H2,1-2H3. The van der Waals surface area contributed by atoms with Crippen LogP contribution in [0.5, 0.6) is 0 Å². The molecule has 0 heterocycles. The molecule has 0 radical (unpaired) electrons. The molecule has 0 spiro atoms. The summed E-state index contributed by atoms with van der Waals surface area (Å²) in [5.41, 5.74) is 0.385. The molecule has 2 aromatic carbocycles. The number of benzene rings is 2. The summed E-state index contributed by atoms with van der Waals surface area (Å²) in [4.78, 5) is 24.9. The van der Waals surface area contributed by atoms with Crippen LogP contribution < -0.4 is 5.30 Å². The van der Waals surface area contributed by atoms with E-state index in [4.69, 9.17) is 16.3 Å². The second kappa shape index (κ2) is 8.46. The van der Waals surface area contributed by atoms with Crippen LogP contribution >= 0.6 is 18.7 Å². The Balaban J connectivity index is 2.46. The van der Waals surface area contributed by atoms with E-state index >= 15 is 0 Å². The van der Waals surface area contributed by atoms with Crippen molar-refractivity contribution >= 4 is 35.5 Å². The molecular formula is C19H20ClO4P. The molecule has 0 bridgehead atoms. The molecule has 4 nitrogen and oxygen atoms in total. The lowest BCUT2D eigenvalue weighted by atomic mass is 10.1.